The van der Waals surface area contributed by atoms with Gasteiger partial charge in [0.1, 0.15) is 23.5 Å². The van der Waals surface area contributed by atoms with Crippen LogP contribution < -0.4 is 0 Å². The van der Waals surface area contributed by atoms with Crippen LogP contribution in [-0.4, -0.2) is 29.0 Å². The first-order valence-corrected chi connectivity index (χ1v) is 8.33. The molecule has 5 nitrogen and oxygen atoms in total. The number of esters is 1. The Balaban J connectivity index is 2.23. The van der Waals surface area contributed by atoms with E-state index in [1.165, 1.54) is 5.54 Å². The molecule has 2 aliphatic rings. The van der Waals surface area contributed by atoms with Crippen LogP contribution in [0.15, 0.2) is 40.3 Å². The summed E-state index contributed by atoms with van der Waals surface area (Å²) in [7, 11) is 0. The zero-order valence-electron chi connectivity index (χ0n) is 13.3. The van der Waals surface area contributed by atoms with Gasteiger partial charge in [0.05, 0.1) is 5.71 Å². The van der Waals surface area contributed by atoms with E-state index < -0.39 is 11.6 Å². The van der Waals surface area contributed by atoms with Gasteiger partial charge in [-0.05, 0) is 37.8 Å². The van der Waals surface area contributed by atoms with Crippen LogP contribution in [0.4, 0.5) is 0 Å². The fraction of sp³-hybridized carbons (Fsp3) is 0.529. The summed E-state index contributed by atoms with van der Waals surface area (Å²) in [6, 6.07) is 0. The summed E-state index contributed by atoms with van der Waals surface area (Å²) in [4.78, 5) is 17.6. The molecular formula is C17H22ClNO4. The molecule has 0 aromatic heterocycles. The van der Waals surface area contributed by atoms with Crippen LogP contribution >= 0.6 is 11.6 Å². The third kappa shape index (κ3) is 4.38. The van der Waals surface area contributed by atoms with Gasteiger partial charge in [0.15, 0.2) is 0 Å². The van der Waals surface area contributed by atoms with Gasteiger partial charge in [-0.15, -0.1) is 0 Å². The number of nitrogens with zero attached hydrogens (tertiary/aromatic N) is 1. The van der Waals surface area contributed by atoms with E-state index in [1.807, 2.05) is 19.1 Å². The molecule has 0 bridgehead atoms. The van der Waals surface area contributed by atoms with E-state index in [0.717, 1.165) is 25.7 Å². The lowest BCUT2D eigenvalue weighted by Gasteiger charge is -2.36. The van der Waals surface area contributed by atoms with Crippen LogP contribution in [0, 0.1) is 0 Å². The lowest BCUT2D eigenvalue weighted by atomic mass is 9.84. The van der Waals surface area contributed by atoms with Gasteiger partial charge in [0, 0.05) is 12.0 Å². The van der Waals surface area contributed by atoms with E-state index in [-0.39, 0.29) is 24.4 Å². The third-order valence-electron chi connectivity index (χ3n) is 3.86. The molecule has 0 radical (unpaired) electrons. The third-order valence-corrected chi connectivity index (χ3v) is 4.04. The smallest absolute Gasteiger partial charge is 0.344 e. The predicted octanol–water partition coefficient (Wildman–Crippen LogP) is 4.15. The van der Waals surface area contributed by atoms with E-state index in [0.29, 0.717) is 12.1 Å². The first-order chi connectivity index (χ1) is 11.1. The van der Waals surface area contributed by atoms with Crippen LogP contribution in [0.3, 0.4) is 0 Å². The summed E-state index contributed by atoms with van der Waals surface area (Å²) in [6.07, 6.45) is 9.68. The highest BCUT2D eigenvalue weighted by Gasteiger charge is 2.42. The van der Waals surface area contributed by atoms with Gasteiger partial charge in [-0.25, -0.2) is 4.79 Å². The van der Waals surface area contributed by atoms with Crippen molar-refractivity contribution in [2.24, 2.45) is 5.16 Å². The normalized spacial score (nSPS) is 25.3. The Bertz CT molecular complexity index is 565. The molecular weight excluding hydrogens is 318 g/mol. The van der Waals surface area contributed by atoms with Gasteiger partial charge < -0.3 is 14.7 Å². The van der Waals surface area contributed by atoms with E-state index in [4.69, 9.17) is 21.2 Å². The number of allylic oxidation sites excluding steroid dienone is 1. The first kappa shape index (κ1) is 17.6. The van der Waals surface area contributed by atoms with Crippen molar-refractivity contribution >= 4 is 23.3 Å². The van der Waals surface area contributed by atoms with Crippen molar-refractivity contribution in [2.75, 3.05) is 6.61 Å². The Kier molecular flexibility index (Phi) is 6.28. The molecule has 1 unspecified atom stereocenters. The minimum absolute atomic E-state index is 0.0245. The summed E-state index contributed by atoms with van der Waals surface area (Å²) < 4.78 is 5.64. The molecule has 0 amide bonds. The van der Waals surface area contributed by atoms with Crippen molar-refractivity contribution in [3.05, 3.63) is 35.1 Å². The number of oxime groups is 1. The van der Waals surface area contributed by atoms with E-state index in [1.54, 1.807) is 6.08 Å². The number of hydrogen-bond donors (Lipinski definition) is 1. The maximum absolute atomic E-state index is 12.4. The van der Waals surface area contributed by atoms with Crippen molar-refractivity contribution in [2.45, 2.75) is 51.0 Å². The van der Waals surface area contributed by atoms with Gasteiger partial charge in [0.25, 0.3) is 0 Å². The minimum atomic E-state index is -0.706. The van der Waals surface area contributed by atoms with Crippen molar-refractivity contribution in [1.29, 1.82) is 0 Å². The van der Waals surface area contributed by atoms with Crippen molar-refractivity contribution in [3.8, 4) is 0 Å². The summed E-state index contributed by atoms with van der Waals surface area (Å²) >= 11 is 5.42. The molecule has 0 saturated carbocycles. The summed E-state index contributed by atoms with van der Waals surface area (Å²) in [5.41, 5.74) is 1.17. The van der Waals surface area contributed by atoms with E-state index in [2.05, 4.69) is 5.16 Å². The zero-order chi connectivity index (χ0) is 16.7. The van der Waals surface area contributed by atoms with Crippen LogP contribution in [0.25, 0.3) is 0 Å². The molecule has 0 aromatic rings. The van der Waals surface area contributed by atoms with Gasteiger partial charge in [0.2, 0.25) is 0 Å². The minimum Gasteiger partial charge on any atom is -0.511 e. The molecule has 2 rings (SSSR count). The SMILES string of the molecule is CCCC(=NOCC=CCl)C1=C(O)CC2(C=CCCC2)OC1=O. The Morgan fingerprint density at radius 3 is 3.04 bits per heavy atom. The number of carbonyl (C=O) groups excluding carboxylic acids is 1. The summed E-state index contributed by atoms with van der Waals surface area (Å²) in [5.74, 6) is -0.513. The molecule has 1 N–H and O–H groups in total. The molecule has 1 aliphatic carbocycles. The fourth-order valence-corrected chi connectivity index (χ4v) is 2.90. The molecule has 1 spiro atoms. The second-order valence-corrected chi connectivity index (χ2v) is 5.94. The van der Waals surface area contributed by atoms with E-state index >= 15 is 0 Å². The second kappa shape index (κ2) is 8.20. The summed E-state index contributed by atoms with van der Waals surface area (Å²) in [5, 5.41) is 14.4. The number of carbonyl (C=O) groups is 1. The highest BCUT2D eigenvalue weighted by Crippen LogP contribution is 2.37. The van der Waals surface area contributed by atoms with Crippen LogP contribution in [0.5, 0.6) is 0 Å². The lowest BCUT2D eigenvalue weighted by molar-refractivity contribution is -0.153. The highest BCUT2D eigenvalue weighted by atomic mass is 35.5. The maximum atomic E-state index is 12.4. The molecule has 1 aliphatic heterocycles. The number of hydrogen-bond acceptors (Lipinski definition) is 5. The standard InChI is InChI=1S/C17H22ClNO4/c1-2-7-13(19-22-11-6-10-18)15-14(20)12-17(23-16(15)21)8-4-3-5-9-17/h4,6,8,10,20H,2-3,5,7,9,11-12H2,1H3. The van der Waals surface area contributed by atoms with Gasteiger partial charge >= 0.3 is 5.97 Å². The predicted molar refractivity (Wildman–Crippen MR) is 89.4 cm³/mol. The Morgan fingerprint density at radius 1 is 1.61 bits per heavy atom. The Hall–Kier alpha value is -1.75. The largest absolute Gasteiger partial charge is 0.511 e. The first-order valence-electron chi connectivity index (χ1n) is 7.89. The average Bonchev–Trinajstić information content (AvgIpc) is 2.51. The molecule has 0 aromatic carbocycles. The van der Waals surface area contributed by atoms with Gasteiger partial charge in [-0.2, -0.15) is 0 Å². The lowest BCUT2D eigenvalue weighted by Crippen LogP contribution is -2.41. The molecule has 1 atom stereocenters. The topological polar surface area (TPSA) is 68.1 Å². The zero-order valence-corrected chi connectivity index (χ0v) is 14.0. The van der Waals surface area contributed by atoms with Crippen LogP contribution in [0.1, 0.15) is 45.4 Å². The fourth-order valence-electron chi connectivity index (χ4n) is 2.83. The molecule has 23 heavy (non-hydrogen) atoms. The number of aliphatic hydroxyl groups excluding tert-OH is 1. The second-order valence-electron chi connectivity index (χ2n) is 5.69. The van der Waals surface area contributed by atoms with Gasteiger partial charge in [-0.1, -0.05) is 36.2 Å². The number of ether oxygens (including phenoxy) is 1. The van der Waals surface area contributed by atoms with Crippen molar-refractivity contribution in [1.82, 2.24) is 0 Å². The highest BCUT2D eigenvalue weighted by molar-refractivity contribution is 6.25. The Morgan fingerprint density at radius 2 is 2.43 bits per heavy atom. The monoisotopic (exact) mass is 339 g/mol. The number of aliphatic hydroxyl groups is 1. The van der Waals surface area contributed by atoms with Crippen molar-refractivity contribution < 1.29 is 19.5 Å². The number of rotatable bonds is 6. The summed E-state index contributed by atoms with van der Waals surface area (Å²) in [6.45, 7) is 2.16. The Labute approximate surface area is 141 Å². The quantitative estimate of drug-likeness (QED) is 0.259. The molecule has 6 heteroatoms. The average molecular weight is 340 g/mol. The molecule has 126 valence electrons. The molecule has 0 saturated heterocycles. The van der Waals surface area contributed by atoms with Crippen LogP contribution in [-0.2, 0) is 14.4 Å². The molecule has 0 fully saturated rings. The van der Waals surface area contributed by atoms with Crippen LogP contribution in [0.2, 0.25) is 0 Å². The molecule has 1 heterocycles. The number of halogens is 1. The maximum Gasteiger partial charge on any atom is 0.344 e. The van der Waals surface area contributed by atoms with Gasteiger partial charge in [-0.3, -0.25) is 0 Å². The van der Waals surface area contributed by atoms with Crippen molar-refractivity contribution in [3.63, 3.8) is 0 Å². The van der Waals surface area contributed by atoms with E-state index in [9.17, 15) is 9.90 Å².